The fourth-order valence-electron chi connectivity index (χ4n) is 1.64. The summed E-state index contributed by atoms with van der Waals surface area (Å²) in [5.41, 5.74) is 0.776. The van der Waals surface area contributed by atoms with Crippen molar-refractivity contribution >= 4 is 11.9 Å². The molecule has 0 spiro atoms. The number of rotatable bonds is 7. The molecule has 0 amide bonds. The molecule has 0 aliphatic rings. The Morgan fingerprint density at radius 3 is 2.53 bits per heavy atom. The Bertz CT molecular complexity index is 468. The summed E-state index contributed by atoms with van der Waals surface area (Å²) in [6.07, 6.45) is -1.48. The van der Waals surface area contributed by atoms with Gasteiger partial charge in [0.05, 0.1) is 6.61 Å². The molecule has 0 saturated heterocycles. The minimum atomic E-state index is -1.69. The topological polar surface area (TPSA) is 104 Å². The van der Waals surface area contributed by atoms with Crippen LogP contribution < -0.4 is 4.74 Å². The minimum absolute atomic E-state index is 0.0589. The van der Waals surface area contributed by atoms with Crippen LogP contribution in [0.15, 0.2) is 18.2 Å². The second-order valence-electron chi connectivity index (χ2n) is 3.94. The summed E-state index contributed by atoms with van der Waals surface area (Å²) in [5.74, 6) is -2.03. The molecule has 1 atom stereocenters. The average Bonchev–Trinajstić information content (AvgIpc) is 2.36. The minimum Gasteiger partial charge on any atom is -0.493 e. The van der Waals surface area contributed by atoms with Crippen LogP contribution in [0.2, 0.25) is 0 Å². The van der Waals surface area contributed by atoms with Crippen LogP contribution in [0.1, 0.15) is 30.6 Å². The van der Waals surface area contributed by atoms with E-state index in [1.54, 1.807) is 19.1 Å². The Morgan fingerprint density at radius 2 is 2.00 bits per heavy atom. The van der Waals surface area contributed by atoms with Gasteiger partial charge in [0.2, 0.25) is 0 Å². The standard InChI is InChI=1S/C13H16O6/c1-2-19-10-5-3-8(4-6-11(14)15)7-9(10)12(16)13(17)18/h3,5,7,12,16H,2,4,6H2,1H3,(H,14,15)(H,17,18). The number of hydrogen-bond donors (Lipinski definition) is 3. The molecule has 1 rings (SSSR count). The molecule has 0 radical (unpaired) electrons. The van der Waals surface area contributed by atoms with Gasteiger partial charge in [-0.25, -0.2) is 4.79 Å². The molecular weight excluding hydrogens is 252 g/mol. The number of benzene rings is 1. The van der Waals surface area contributed by atoms with Gasteiger partial charge in [0.1, 0.15) is 5.75 Å². The van der Waals surface area contributed by atoms with Crippen molar-refractivity contribution in [3.8, 4) is 5.75 Å². The number of carbonyl (C=O) groups is 2. The highest BCUT2D eigenvalue weighted by atomic mass is 16.5. The van der Waals surface area contributed by atoms with Crippen LogP contribution in [0.5, 0.6) is 5.75 Å². The number of ether oxygens (including phenoxy) is 1. The summed E-state index contributed by atoms with van der Waals surface area (Å²) in [4.78, 5) is 21.3. The number of carboxylic acid groups (broad SMARTS) is 2. The molecule has 6 heteroatoms. The van der Waals surface area contributed by atoms with Crippen LogP contribution in [-0.2, 0) is 16.0 Å². The Kier molecular flexibility index (Phi) is 5.32. The second kappa shape index (κ2) is 6.75. The third-order valence-corrected chi connectivity index (χ3v) is 2.53. The van der Waals surface area contributed by atoms with E-state index in [0.717, 1.165) is 0 Å². The number of carboxylic acids is 2. The smallest absolute Gasteiger partial charge is 0.337 e. The van der Waals surface area contributed by atoms with Crippen molar-refractivity contribution in [2.24, 2.45) is 0 Å². The summed E-state index contributed by atoms with van der Waals surface area (Å²) in [6.45, 7) is 2.09. The molecule has 0 fully saturated rings. The van der Waals surface area contributed by atoms with Gasteiger partial charge in [0, 0.05) is 12.0 Å². The lowest BCUT2D eigenvalue weighted by Gasteiger charge is -2.14. The highest BCUT2D eigenvalue weighted by molar-refractivity contribution is 5.75. The zero-order valence-electron chi connectivity index (χ0n) is 10.5. The molecule has 1 aromatic carbocycles. The van der Waals surface area contributed by atoms with E-state index in [-0.39, 0.29) is 24.2 Å². The Balaban J connectivity index is 3.03. The predicted octanol–water partition coefficient (Wildman–Crippen LogP) is 1.22. The highest BCUT2D eigenvalue weighted by Gasteiger charge is 2.21. The van der Waals surface area contributed by atoms with Gasteiger partial charge < -0.3 is 20.1 Å². The lowest BCUT2D eigenvalue weighted by molar-refractivity contribution is -0.147. The molecule has 0 saturated carbocycles. The molecule has 3 N–H and O–H groups in total. The van der Waals surface area contributed by atoms with E-state index < -0.39 is 18.0 Å². The van der Waals surface area contributed by atoms with Gasteiger partial charge in [-0.1, -0.05) is 6.07 Å². The number of aliphatic hydroxyl groups is 1. The van der Waals surface area contributed by atoms with Crippen LogP contribution in [0.4, 0.5) is 0 Å². The first-order valence-electron chi connectivity index (χ1n) is 5.84. The first kappa shape index (κ1) is 15.0. The molecule has 19 heavy (non-hydrogen) atoms. The number of aliphatic hydroxyl groups excluding tert-OH is 1. The predicted molar refractivity (Wildman–Crippen MR) is 66.2 cm³/mol. The van der Waals surface area contributed by atoms with Crippen LogP contribution in [0, 0.1) is 0 Å². The van der Waals surface area contributed by atoms with Gasteiger partial charge in [-0.05, 0) is 31.0 Å². The van der Waals surface area contributed by atoms with Crippen molar-refractivity contribution in [2.45, 2.75) is 25.9 Å². The van der Waals surface area contributed by atoms with Gasteiger partial charge in [0.15, 0.2) is 6.10 Å². The van der Waals surface area contributed by atoms with Crippen molar-refractivity contribution < 1.29 is 29.6 Å². The molecule has 104 valence electrons. The van der Waals surface area contributed by atoms with E-state index in [4.69, 9.17) is 14.9 Å². The van der Waals surface area contributed by atoms with Crippen molar-refractivity contribution in [1.29, 1.82) is 0 Å². The maximum atomic E-state index is 10.8. The summed E-state index contributed by atoms with van der Waals surface area (Å²) in [7, 11) is 0. The van der Waals surface area contributed by atoms with E-state index in [9.17, 15) is 14.7 Å². The Labute approximate surface area is 110 Å². The maximum Gasteiger partial charge on any atom is 0.337 e. The summed E-state index contributed by atoms with van der Waals surface area (Å²) < 4.78 is 5.25. The molecule has 0 aliphatic heterocycles. The van der Waals surface area contributed by atoms with E-state index in [1.165, 1.54) is 6.07 Å². The zero-order chi connectivity index (χ0) is 14.4. The lowest BCUT2D eigenvalue weighted by Crippen LogP contribution is -2.13. The zero-order valence-corrected chi connectivity index (χ0v) is 10.5. The average molecular weight is 268 g/mol. The summed E-state index contributed by atoms with van der Waals surface area (Å²) in [5, 5.41) is 27.1. The van der Waals surface area contributed by atoms with Crippen molar-refractivity contribution in [2.75, 3.05) is 6.61 Å². The molecule has 0 bridgehead atoms. The van der Waals surface area contributed by atoms with E-state index in [1.807, 2.05) is 0 Å². The second-order valence-corrected chi connectivity index (χ2v) is 3.94. The molecule has 0 aliphatic carbocycles. The van der Waals surface area contributed by atoms with Gasteiger partial charge >= 0.3 is 11.9 Å². The number of aryl methyl sites for hydroxylation is 1. The Hall–Kier alpha value is -2.08. The highest BCUT2D eigenvalue weighted by Crippen LogP contribution is 2.27. The molecule has 1 aromatic rings. The normalized spacial score (nSPS) is 11.9. The molecular formula is C13H16O6. The monoisotopic (exact) mass is 268 g/mol. The van der Waals surface area contributed by atoms with Gasteiger partial charge in [-0.15, -0.1) is 0 Å². The fourth-order valence-corrected chi connectivity index (χ4v) is 1.64. The molecule has 1 unspecified atom stereocenters. The van der Waals surface area contributed by atoms with Crippen molar-refractivity contribution in [3.05, 3.63) is 29.3 Å². The molecule has 6 nitrogen and oxygen atoms in total. The van der Waals surface area contributed by atoms with Crippen LogP contribution in [0.3, 0.4) is 0 Å². The SMILES string of the molecule is CCOc1ccc(CCC(=O)O)cc1C(O)C(=O)O. The van der Waals surface area contributed by atoms with Crippen LogP contribution in [-0.4, -0.2) is 33.9 Å². The Morgan fingerprint density at radius 1 is 1.32 bits per heavy atom. The molecule has 0 aromatic heterocycles. The first-order valence-corrected chi connectivity index (χ1v) is 5.84. The summed E-state index contributed by atoms with van der Waals surface area (Å²) >= 11 is 0. The largest absolute Gasteiger partial charge is 0.493 e. The van der Waals surface area contributed by atoms with Crippen molar-refractivity contribution in [3.63, 3.8) is 0 Å². The summed E-state index contributed by atoms with van der Waals surface area (Å²) in [6, 6.07) is 4.67. The third kappa shape index (κ3) is 4.26. The number of aliphatic carboxylic acids is 2. The van der Waals surface area contributed by atoms with Crippen LogP contribution in [0.25, 0.3) is 0 Å². The first-order chi connectivity index (χ1) is 8.95. The van der Waals surface area contributed by atoms with Crippen molar-refractivity contribution in [1.82, 2.24) is 0 Å². The fraction of sp³-hybridized carbons (Fsp3) is 0.385. The van der Waals surface area contributed by atoms with Gasteiger partial charge in [-0.2, -0.15) is 0 Å². The quantitative estimate of drug-likeness (QED) is 0.687. The van der Waals surface area contributed by atoms with Gasteiger partial charge in [0.25, 0.3) is 0 Å². The maximum absolute atomic E-state index is 10.8. The number of hydrogen-bond acceptors (Lipinski definition) is 4. The van der Waals surface area contributed by atoms with Crippen LogP contribution >= 0.6 is 0 Å². The van der Waals surface area contributed by atoms with E-state index in [0.29, 0.717) is 12.2 Å². The molecule has 0 heterocycles. The van der Waals surface area contributed by atoms with E-state index >= 15 is 0 Å². The van der Waals surface area contributed by atoms with Gasteiger partial charge in [-0.3, -0.25) is 4.79 Å². The third-order valence-electron chi connectivity index (χ3n) is 2.53. The lowest BCUT2D eigenvalue weighted by atomic mass is 10.0. The van der Waals surface area contributed by atoms with E-state index in [2.05, 4.69) is 0 Å².